The molecular formula is C14H18FN3O2. The summed E-state index contributed by atoms with van der Waals surface area (Å²) in [6.07, 6.45) is 1.59. The largest absolute Gasteiger partial charge is 0.508 e. The maximum absolute atomic E-state index is 13.2. The third-order valence-electron chi connectivity index (χ3n) is 4.36. The van der Waals surface area contributed by atoms with E-state index >= 15 is 0 Å². The number of hydrogen-bond donors (Lipinski definition) is 4. The van der Waals surface area contributed by atoms with Crippen LogP contribution in [0.5, 0.6) is 5.75 Å². The average molecular weight is 279 g/mol. The van der Waals surface area contributed by atoms with Crippen LogP contribution in [0.3, 0.4) is 0 Å². The zero-order valence-electron chi connectivity index (χ0n) is 11.1. The molecule has 1 atom stereocenters. The highest BCUT2D eigenvalue weighted by molar-refractivity contribution is 5.76. The Morgan fingerprint density at radius 2 is 2.05 bits per heavy atom. The van der Waals surface area contributed by atoms with Gasteiger partial charge in [-0.15, -0.1) is 0 Å². The van der Waals surface area contributed by atoms with E-state index in [0.29, 0.717) is 12.1 Å². The Hall–Kier alpha value is -1.82. The average Bonchev–Trinajstić information content (AvgIpc) is 2.41. The van der Waals surface area contributed by atoms with Crippen molar-refractivity contribution in [1.82, 2.24) is 16.0 Å². The van der Waals surface area contributed by atoms with Gasteiger partial charge in [-0.1, -0.05) is 6.07 Å². The Labute approximate surface area is 116 Å². The molecule has 0 aliphatic carbocycles. The number of halogens is 1. The van der Waals surface area contributed by atoms with Crippen molar-refractivity contribution < 1.29 is 14.3 Å². The Morgan fingerprint density at radius 1 is 1.30 bits per heavy atom. The van der Waals surface area contributed by atoms with E-state index in [0.717, 1.165) is 32.0 Å². The van der Waals surface area contributed by atoms with Gasteiger partial charge in [0.25, 0.3) is 0 Å². The van der Waals surface area contributed by atoms with Crippen molar-refractivity contribution in [1.29, 1.82) is 0 Å². The van der Waals surface area contributed by atoms with Crippen LogP contribution in [0.15, 0.2) is 18.2 Å². The minimum atomic E-state index is -0.460. The molecule has 2 saturated heterocycles. The van der Waals surface area contributed by atoms with Crippen molar-refractivity contribution in [3.05, 3.63) is 29.6 Å². The smallest absolute Gasteiger partial charge is 0.315 e. The van der Waals surface area contributed by atoms with Gasteiger partial charge in [0, 0.05) is 24.1 Å². The molecule has 0 bridgehead atoms. The van der Waals surface area contributed by atoms with Crippen LogP contribution in [0.2, 0.25) is 0 Å². The summed E-state index contributed by atoms with van der Waals surface area (Å²) in [5, 5.41) is 19.1. The van der Waals surface area contributed by atoms with Gasteiger partial charge in [-0.05, 0) is 32.0 Å². The monoisotopic (exact) mass is 279 g/mol. The van der Waals surface area contributed by atoms with Crippen LogP contribution in [-0.2, 0) is 0 Å². The van der Waals surface area contributed by atoms with Crippen LogP contribution in [-0.4, -0.2) is 36.3 Å². The number of carbonyl (C=O) groups excluding carboxylic acids is 1. The lowest BCUT2D eigenvalue weighted by Crippen LogP contribution is -2.65. The lowest BCUT2D eigenvalue weighted by molar-refractivity contribution is 0.162. The van der Waals surface area contributed by atoms with Crippen molar-refractivity contribution in [3.8, 4) is 5.75 Å². The lowest BCUT2D eigenvalue weighted by Gasteiger charge is -2.47. The number of carbonyl (C=O) groups is 1. The zero-order valence-corrected chi connectivity index (χ0v) is 11.1. The summed E-state index contributed by atoms with van der Waals surface area (Å²) >= 11 is 0. The molecule has 5 nitrogen and oxygen atoms in total. The van der Waals surface area contributed by atoms with E-state index in [4.69, 9.17) is 0 Å². The minimum absolute atomic E-state index is 0.0501. The number of nitrogens with one attached hydrogen (secondary N) is 3. The van der Waals surface area contributed by atoms with Gasteiger partial charge in [-0.3, -0.25) is 0 Å². The molecule has 4 N–H and O–H groups in total. The molecule has 2 amide bonds. The summed E-state index contributed by atoms with van der Waals surface area (Å²) < 4.78 is 13.2. The highest BCUT2D eigenvalue weighted by Crippen LogP contribution is 2.40. The van der Waals surface area contributed by atoms with Gasteiger partial charge in [0.05, 0.1) is 5.54 Å². The highest BCUT2D eigenvalue weighted by atomic mass is 19.1. The number of amides is 2. The van der Waals surface area contributed by atoms with Crippen LogP contribution >= 0.6 is 0 Å². The Balaban J connectivity index is 1.98. The Morgan fingerprint density at radius 3 is 2.75 bits per heavy atom. The van der Waals surface area contributed by atoms with Crippen LogP contribution in [0.1, 0.15) is 24.3 Å². The maximum Gasteiger partial charge on any atom is 0.315 e. The summed E-state index contributed by atoms with van der Waals surface area (Å²) in [7, 11) is 0. The predicted octanol–water partition coefficient (Wildman–Crippen LogP) is 1.05. The van der Waals surface area contributed by atoms with Gasteiger partial charge in [0.1, 0.15) is 11.6 Å². The second-order valence-electron chi connectivity index (χ2n) is 5.50. The van der Waals surface area contributed by atoms with E-state index in [9.17, 15) is 14.3 Å². The predicted molar refractivity (Wildman–Crippen MR) is 72.2 cm³/mol. The fraction of sp³-hybridized carbons (Fsp3) is 0.500. The molecule has 1 aromatic rings. The molecule has 6 heteroatoms. The van der Waals surface area contributed by atoms with Gasteiger partial charge in [-0.2, -0.15) is 0 Å². The molecule has 2 aliphatic rings. The molecule has 108 valence electrons. The SMILES string of the molecule is O=C1NCC(c2ccc(F)cc2O)C2(CCNCC2)N1. The van der Waals surface area contributed by atoms with Crippen molar-refractivity contribution in [2.24, 2.45) is 0 Å². The highest BCUT2D eigenvalue weighted by Gasteiger charge is 2.45. The van der Waals surface area contributed by atoms with E-state index in [1.54, 1.807) is 6.07 Å². The normalized spacial score (nSPS) is 25.1. The quantitative estimate of drug-likeness (QED) is 0.621. The lowest BCUT2D eigenvalue weighted by atomic mass is 9.72. The topological polar surface area (TPSA) is 73.4 Å². The first kappa shape index (κ1) is 13.2. The van der Waals surface area contributed by atoms with Gasteiger partial charge >= 0.3 is 6.03 Å². The van der Waals surface area contributed by atoms with Crippen molar-refractivity contribution in [2.75, 3.05) is 19.6 Å². The minimum Gasteiger partial charge on any atom is -0.508 e. The molecule has 2 aliphatic heterocycles. The molecule has 0 saturated carbocycles. The van der Waals surface area contributed by atoms with Crippen LogP contribution in [0, 0.1) is 5.82 Å². The third-order valence-corrected chi connectivity index (χ3v) is 4.36. The van der Waals surface area contributed by atoms with E-state index in [-0.39, 0.29) is 23.2 Å². The van der Waals surface area contributed by atoms with E-state index < -0.39 is 5.82 Å². The van der Waals surface area contributed by atoms with Crippen molar-refractivity contribution >= 4 is 6.03 Å². The van der Waals surface area contributed by atoms with Crippen LogP contribution in [0.25, 0.3) is 0 Å². The number of phenols is 1. The number of benzene rings is 1. The first-order valence-electron chi connectivity index (χ1n) is 6.86. The fourth-order valence-corrected chi connectivity index (χ4v) is 3.31. The molecule has 1 unspecified atom stereocenters. The summed E-state index contributed by atoms with van der Waals surface area (Å²) in [5.74, 6) is -0.577. The fourth-order valence-electron chi connectivity index (χ4n) is 3.31. The molecule has 0 aromatic heterocycles. The molecule has 1 aromatic carbocycles. The number of rotatable bonds is 1. The third kappa shape index (κ3) is 2.20. The van der Waals surface area contributed by atoms with E-state index in [1.165, 1.54) is 6.07 Å². The zero-order chi connectivity index (χ0) is 14.2. The summed E-state index contributed by atoms with van der Waals surface area (Å²) in [6, 6.07) is 3.91. The molecule has 2 fully saturated rings. The number of piperidine rings is 1. The molecular weight excluding hydrogens is 261 g/mol. The van der Waals surface area contributed by atoms with Gasteiger partial charge in [0.15, 0.2) is 0 Å². The van der Waals surface area contributed by atoms with Gasteiger partial charge < -0.3 is 21.1 Å². The molecule has 2 heterocycles. The first-order chi connectivity index (χ1) is 9.61. The second-order valence-corrected chi connectivity index (χ2v) is 5.50. The molecule has 3 rings (SSSR count). The molecule has 1 spiro atoms. The van der Waals surface area contributed by atoms with Crippen molar-refractivity contribution in [2.45, 2.75) is 24.3 Å². The summed E-state index contributed by atoms with van der Waals surface area (Å²) in [5.41, 5.74) is 0.309. The molecule has 0 radical (unpaired) electrons. The maximum atomic E-state index is 13.2. The van der Waals surface area contributed by atoms with Gasteiger partial charge in [-0.25, -0.2) is 9.18 Å². The summed E-state index contributed by atoms with van der Waals surface area (Å²) in [6.45, 7) is 2.09. The number of hydrogen-bond acceptors (Lipinski definition) is 3. The van der Waals surface area contributed by atoms with E-state index in [1.807, 2.05) is 0 Å². The van der Waals surface area contributed by atoms with Crippen LogP contribution in [0.4, 0.5) is 9.18 Å². The Kier molecular flexibility index (Phi) is 3.25. The standard InChI is InChI=1S/C14H18FN3O2/c15-9-1-2-10(12(19)7-9)11-8-17-13(20)18-14(11)3-5-16-6-4-14/h1-2,7,11,16,19H,3-6,8H2,(H2,17,18,20). The molecule has 20 heavy (non-hydrogen) atoms. The first-order valence-corrected chi connectivity index (χ1v) is 6.86. The van der Waals surface area contributed by atoms with Crippen molar-refractivity contribution in [3.63, 3.8) is 0 Å². The van der Waals surface area contributed by atoms with Crippen LogP contribution < -0.4 is 16.0 Å². The Bertz CT molecular complexity index is 529. The summed E-state index contributed by atoms with van der Waals surface area (Å²) in [4.78, 5) is 11.7. The van der Waals surface area contributed by atoms with E-state index in [2.05, 4.69) is 16.0 Å². The number of urea groups is 1. The van der Waals surface area contributed by atoms with Gasteiger partial charge in [0.2, 0.25) is 0 Å². The number of phenolic OH excluding ortho intramolecular Hbond substituents is 1. The second kappa shape index (κ2) is 4.94. The number of aromatic hydroxyl groups is 1.